The van der Waals surface area contributed by atoms with Gasteiger partial charge in [-0.25, -0.2) is 0 Å². The van der Waals surface area contributed by atoms with Crippen LogP contribution >= 0.6 is 22.9 Å². The molecule has 0 aliphatic carbocycles. The molecule has 1 amide bonds. The monoisotopic (exact) mass is 381 g/mol. The second kappa shape index (κ2) is 9.44. The Morgan fingerprint density at radius 3 is 2.52 bits per heavy atom. The number of halogens is 1. The first-order valence-electron chi connectivity index (χ1n) is 7.93. The summed E-state index contributed by atoms with van der Waals surface area (Å²) in [4.78, 5) is 24.3. The summed E-state index contributed by atoms with van der Waals surface area (Å²) in [6, 6.07) is 10.8. The van der Waals surface area contributed by atoms with E-state index in [4.69, 9.17) is 16.3 Å². The number of ether oxygens (including phenoxy) is 1. The zero-order chi connectivity index (χ0) is 18.2. The lowest BCUT2D eigenvalue weighted by molar-refractivity contribution is -0.141. The molecule has 5 nitrogen and oxygen atoms in total. The number of amides is 1. The van der Waals surface area contributed by atoms with Gasteiger partial charge >= 0.3 is 5.97 Å². The summed E-state index contributed by atoms with van der Waals surface area (Å²) < 4.78 is 6.00. The summed E-state index contributed by atoms with van der Waals surface area (Å²) in [5.74, 6) is -1.08. The normalized spacial score (nSPS) is 11.8. The number of aliphatic carboxylic acids is 1. The number of carboxylic acids is 1. The van der Waals surface area contributed by atoms with Crippen molar-refractivity contribution in [3.63, 3.8) is 0 Å². The van der Waals surface area contributed by atoms with Gasteiger partial charge in [0.1, 0.15) is 5.75 Å². The van der Waals surface area contributed by atoms with Gasteiger partial charge in [0.05, 0.1) is 23.3 Å². The lowest BCUT2D eigenvalue weighted by Crippen LogP contribution is -2.34. The summed E-state index contributed by atoms with van der Waals surface area (Å²) in [5.41, 5.74) is 0.884. The highest BCUT2D eigenvalue weighted by Gasteiger charge is 2.19. The van der Waals surface area contributed by atoms with E-state index in [-0.39, 0.29) is 18.9 Å². The molecular weight excluding hydrogens is 362 g/mol. The van der Waals surface area contributed by atoms with Gasteiger partial charge in [-0.1, -0.05) is 23.7 Å². The SMILES string of the molecule is CCOc1ccc(CC(CNC(=O)Cc2ccc(Cl)s2)C(=O)O)cc1. The molecule has 0 bridgehead atoms. The van der Waals surface area contributed by atoms with Crippen LogP contribution in [0.2, 0.25) is 4.34 Å². The van der Waals surface area contributed by atoms with Crippen molar-refractivity contribution in [2.45, 2.75) is 19.8 Å². The summed E-state index contributed by atoms with van der Waals surface area (Å²) in [6.07, 6.45) is 0.541. The van der Waals surface area contributed by atoms with Crippen LogP contribution in [0.4, 0.5) is 0 Å². The fourth-order valence-electron chi connectivity index (χ4n) is 2.32. The molecule has 134 valence electrons. The molecule has 25 heavy (non-hydrogen) atoms. The highest BCUT2D eigenvalue weighted by atomic mass is 35.5. The molecule has 2 rings (SSSR count). The molecule has 0 fully saturated rings. The summed E-state index contributed by atoms with van der Waals surface area (Å²) >= 11 is 7.18. The molecule has 0 aliphatic rings. The predicted octanol–water partition coefficient (Wildman–Crippen LogP) is 3.40. The van der Waals surface area contributed by atoms with Crippen molar-refractivity contribution in [2.75, 3.05) is 13.2 Å². The van der Waals surface area contributed by atoms with Crippen LogP contribution in [0.1, 0.15) is 17.4 Å². The number of thiophene rings is 1. The van der Waals surface area contributed by atoms with E-state index in [2.05, 4.69) is 5.32 Å². The lowest BCUT2D eigenvalue weighted by atomic mass is 9.99. The Hall–Kier alpha value is -2.05. The minimum atomic E-state index is -0.937. The third-order valence-corrected chi connectivity index (χ3v) is 4.81. The molecular formula is C18H20ClNO4S. The van der Waals surface area contributed by atoms with Crippen molar-refractivity contribution in [3.8, 4) is 5.75 Å². The Morgan fingerprint density at radius 2 is 1.96 bits per heavy atom. The van der Waals surface area contributed by atoms with Crippen LogP contribution in [0.25, 0.3) is 0 Å². The molecule has 0 aliphatic heterocycles. The number of hydrogen-bond donors (Lipinski definition) is 2. The lowest BCUT2D eigenvalue weighted by Gasteiger charge is -2.14. The van der Waals surface area contributed by atoms with E-state index >= 15 is 0 Å². The van der Waals surface area contributed by atoms with Crippen LogP contribution in [0.3, 0.4) is 0 Å². The average Bonchev–Trinajstić information content (AvgIpc) is 2.98. The average molecular weight is 382 g/mol. The second-order valence-corrected chi connectivity index (χ2v) is 7.30. The molecule has 2 N–H and O–H groups in total. The third kappa shape index (κ3) is 6.40. The number of carboxylic acid groups (broad SMARTS) is 1. The van der Waals surface area contributed by atoms with Crippen molar-refractivity contribution in [1.29, 1.82) is 0 Å². The van der Waals surface area contributed by atoms with Crippen LogP contribution in [-0.2, 0) is 22.4 Å². The predicted molar refractivity (Wildman–Crippen MR) is 98.5 cm³/mol. The Labute approximate surface area is 155 Å². The van der Waals surface area contributed by atoms with Crippen LogP contribution in [0.15, 0.2) is 36.4 Å². The standard InChI is InChI=1S/C18H20ClNO4S/c1-2-24-14-5-3-12(4-6-14)9-13(18(22)23)11-20-17(21)10-15-7-8-16(19)25-15/h3-8,13H,2,9-11H2,1H3,(H,20,21)(H,22,23). The first-order valence-corrected chi connectivity index (χ1v) is 9.12. The van der Waals surface area contributed by atoms with E-state index in [0.717, 1.165) is 16.2 Å². The van der Waals surface area contributed by atoms with E-state index < -0.39 is 11.9 Å². The van der Waals surface area contributed by atoms with Crippen LogP contribution in [0.5, 0.6) is 5.75 Å². The van der Waals surface area contributed by atoms with Crippen molar-refractivity contribution in [3.05, 3.63) is 51.2 Å². The molecule has 0 spiro atoms. The smallest absolute Gasteiger partial charge is 0.308 e. The molecule has 0 saturated heterocycles. The number of carbonyl (C=O) groups excluding carboxylic acids is 1. The molecule has 1 aromatic heterocycles. The summed E-state index contributed by atoms with van der Waals surface area (Å²) in [7, 11) is 0. The molecule has 0 radical (unpaired) electrons. The van der Waals surface area contributed by atoms with Crippen LogP contribution in [-0.4, -0.2) is 30.1 Å². The molecule has 1 heterocycles. The minimum Gasteiger partial charge on any atom is -0.494 e. The highest BCUT2D eigenvalue weighted by Crippen LogP contribution is 2.21. The third-order valence-electron chi connectivity index (χ3n) is 3.57. The minimum absolute atomic E-state index is 0.0838. The molecule has 1 aromatic carbocycles. The van der Waals surface area contributed by atoms with Gasteiger partial charge in [0.2, 0.25) is 5.91 Å². The quantitative estimate of drug-likeness (QED) is 0.698. The fourth-order valence-corrected chi connectivity index (χ4v) is 3.41. The van der Waals surface area contributed by atoms with E-state index in [1.54, 1.807) is 12.1 Å². The number of benzene rings is 1. The number of rotatable bonds is 9. The number of carbonyl (C=O) groups is 2. The van der Waals surface area contributed by atoms with Gasteiger partial charge < -0.3 is 15.2 Å². The van der Waals surface area contributed by atoms with Gasteiger partial charge in [-0.3, -0.25) is 9.59 Å². The summed E-state index contributed by atoms with van der Waals surface area (Å²) in [5, 5.41) is 12.1. The maximum absolute atomic E-state index is 12.0. The van der Waals surface area contributed by atoms with Gasteiger partial charge in [0, 0.05) is 11.4 Å². The van der Waals surface area contributed by atoms with E-state index in [0.29, 0.717) is 17.4 Å². The molecule has 1 atom stereocenters. The number of hydrogen-bond acceptors (Lipinski definition) is 4. The van der Waals surface area contributed by atoms with Gasteiger partial charge in [-0.15, -0.1) is 11.3 Å². The Bertz CT molecular complexity index is 714. The highest BCUT2D eigenvalue weighted by molar-refractivity contribution is 7.16. The van der Waals surface area contributed by atoms with Crippen molar-refractivity contribution >= 4 is 34.8 Å². The second-order valence-electron chi connectivity index (χ2n) is 5.50. The van der Waals surface area contributed by atoms with E-state index in [9.17, 15) is 14.7 Å². The molecule has 7 heteroatoms. The van der Waals surface area contributed by atoms with E-state index in [1.807, 2.05) is 31.2 Å². The first-order chi connectivity index (χ1) is 12.0. The van der Waals surface area contributed by atoms with Gasteiger partial charge in [-0.2, -0.15) is 0 Å². The van der Waals surface area contributed by atoms with Crippen molar-refractivity contribution in [2.24, 2.45) is 5.92 Å². The Morgan fingerprint density at radius 1 is 1.24 bits per heavy atom. The van der Waals surface area contributed by atoms with Crippen molar-refractivity contribution in [1.82, 2.24) is 5.32 Å². The van der Waals surface area contributed by atoms with Crippen LogP contribution in [0, 0.1) is 5.92 Å². The Balaban J connectivity index is 1.87. The van der Waals surface area contributed by atoms with Crippen molar-refractivity contribution < 1.29 is 19.4 Å². The van der Waals surface area contributed by atoms with Gasteiger partial charge in [0.25, 0.3) is 0 Å². The summed E-state index contributed by atoms with van der Waals surface area (Å²) in [6.45, 7) is 2.57. The fraction of sp³-hybridized carbons (Fsp3) is 0.333. The first kappa shape index (κ1) is 19.3. The van der Waals surface area contributed by atoms with E-state index in [1.165, 1.54) is 11.3 Å². The largest absolute Gasteiger partial charge is 0.494 e. The maximum atomic E-state index is 12.0. The zero-order valence-electron chi connectivity index (χ0n) is 13.8. The molecule has 0 saturated carbocycles. The Kier molecular flexibility index (Phi) is 7.28. The zero-order valence-corrected chi connectivity index (χ0v) is 15.4. The molecule has 2 aromatic rings. The van der Waals surface area contributed by atoms with Crippen LogP contribution < -0.4 is 10.1 Å². The maximum Gasteiger partial charge on any atom is 0.308 e. The van der Waals surface area contributed by atoms with Gasteiger partial charge in [0.15, 0.2) is 0 Å². The van der Waals surface area contributed by atoms with Gasteiger partial charge in [-0.05, 0) is 43.2 Å². The topological polar surface area (TPSA) is 75.6 Å². The molecule has 1 unspecified atom stereocenters. The number of nitrogens with one attached hydrogen (secondary N) is 1.